The molecular formula is C28H18ClNO2. The van der Waals surface area contributed by atoms with Crippen molar-refractivity contribution in [2.75, 3.05) is 4.90 Å². The van der Waals surface area contributed by atoms with Crippen LogP contribution >= 0.6 is 11.6 Å². The maximum absolute atomic E-state index is 14.0. The van der Waals surface area contributed by atoms with E-state index in [-0.39, 0.29) is 17.7 Å². The molecule has 1 heterocycles. The largest absolute Gasteiger partial charge is 0.274 e. The highest BCUT2D eigenvalue weighted by molar-refractivity contribution is 6.34. The molecule has 0 aromatic heterocycles. The highest BCUT2D eigenvalue weighted by Gasteiger charge is 2.68. The summed E-state index contributed by atoms with van der Waals surface area (Å²) in [6.07, 6.45) is 0. The molecule has 8 rings (SSSR count). The summed E-state index contributed by atoms with van der Waals surface area (Å²) in [7, 11) is 0. The van der Waals surface area contributed by atoms with E-state index in [1.165, 1.54) is 4.90 Å². The van der Waals surface area contributed by atoms with Crippen molar-refractivity contribution in [2.45, 2.75) is 10.8 Å². The first-order valence-electron chi connectivity index (χ1n) is 10.9. The van der Waals surface area contributed by atoms with Crippen molar-refractivity contribution in [1.29, 1.82) is 0 Å². The molecule has 3 nitrogen and oxygen atoms in total. The van der Waals surface area contributed by atoms with Crippen LogP contribution in [0.3, 0.4) is 0 Å². The van der Waals surface area contributed by atoms with Crippen molar-refractivity contribution in [1.82, 2.24) is 0 Å². The van der Waals surface area contributed by atoms with Gasteiger partial charge in [0.2, 0.25) is 11.8 Å². The second-order valence-electron chi connectivity index (χ2n) is 8.88. The lowest BCUT2D eigenvalue weighted by atomic mass is 9.54. The molecule has 3 aliphatic carbocycles. The molecular weight excluding hydrogens is 418 g/mol. The van der Waals surface area contributed by atoms with Crippen molar-refractivity contribution in [2.24, 2.45) is 11.8 Å². The van der Waals surface area contributed by atoms with Crippen LogP contribution in [0.25, 0.3) is 10.8 Å². The monoisotopic (exact) mass is 435 g/mol. The van der Waals surface area contributed by atoms with E-state index in [1.807, 2.05) is 78.9 Å². The van der Waals surface area contributed by atoms with E-state index < -0.39 is 16.7 Å². The predicted molar refractivity (Wildman–Crippen MR) is 125 cm³/mol. The van der Waals surface area contributed by atoms with Crippen LogP contribution in [0.15, 0.2) is 91.0 Å². The van der Waals surface area contributed by atoms with Crippen LogP contribution in [0, 0.1) is 11.8 Å². The molecule has 4 aromatic rings. The lowest BCUT2D eigenvalue weighted by molar-refractivity contribution is -0.122. The Hall–Kier alpha value is -3.43. The molecule has 1 fully saturated rings. The van der Waals surface area contributed by atoms with Crippen LogP contribution in [-0.4, -0.2) is 11.8 Å². The van der Waals surface area contributed by atoms with Gasteiger partial charge in [0.25, 0.3) is 0 Å². The van der Waals surface area contributed by atoms with Crippen molar-refractivity contribution < 1.29 is 9.59 Å². The van der Waals surface area contributed by atoms with Crippen LogP contribution in [0.1, 0.15) is 28.2 Å². The lowest BCUT2D eigenvalue weighted by Gasteiger charge is -2.50. The minimum atomic E-state index is -1.06. The molecule has 4 aliphatic rings. The smallest absolute Gasteiger partial charge is 0.240 e. The van der Waals surface area contributed by atoms with Gasteiger partial charge in [-0.25, -0.2) is 4.90 Å². The average molecular weight is 436 g/mol. The summed E-state index contributed by atoms with van der Waals surface area (Å²) in [4.78, 5) is 28.4. The summed E-state index contributed by atoms with van der Waals surface area (Å²) < 4.78 is 0. The first kappa shape index (κ1) is 18.2. The zero-order chi connectivity index (χ0) is 21.6. The molecule has 0 radical (unpaired) electrons. The first-order chi connectivity index (χ1) is 15.6. The number of rotatable bonds is 1. The van der Waals surface area contributed by atoms with E-state index in [9.17, 15) is 9.59 Å². The predicted octanol–water partition coefficient (Wildman–Crippen LogP) is 5.59. The lowest BCUT2D eigenvalue weighted by Crippen LogP contribution is -2.50. The summed E-state index contributed by atoms with van der Waals surface area (Å²) in [5.74, 6) is -1.69. The number of amides is 2. The maximum atomic E-state index is 14.0. The van der Waals surface area contributed by atoms with Gasteiger partial charge in [0.05, 0.1) is 17.5 Å². The number of anilines is 1. The van der Waals surface area contributed by atoms with Gasteiger partial charge in [0.15, 0.2) is 0 Å². The Morgan fingerprint density at radius 1 is 0.688 bits per heavy atom. The van der Waals surface area contributed by atoms with E-state index in [0.717, 1.165) is 33.0 Å². The normalized spacial score (nSPS) is 27.4. The van der Waals surface area contributed by atoms with Gasteiger partial charge >= 0.3 is 0 Å². The van der Waals surface area contributed by atoms with E-state index in [2.05, 4.69) is 12.1 Å². The highest BCUT2D eigenvalue weighted by atomic mass is 35.5. The van der Waals surface area contributed by atoms with Crippen LogP contribution < -0.4 is 4.90 Å². The molecule has 0 spiro atoms. The maximum Gasteiger partial charge on any atom is 0.240 e. The fraction of sp³-hybridized carbons (Fsp3) is 0.143. The number of halogens is 1. The van der Waals surface area contributed by atoms with Gasteiger partial charge in [-0.1, -0.05) is 84.9 Å². The summed E-state index contributed by atoms with van der Waals surface area (Å²) in [5.41, 5.74) is 4.66. The quantitative estimate of drug-likeness (QED) is 0.289. The van der Waals surface area contributed by atoms with Gasteiger partial charge in [0.1, 0.15) is 4.87 Å². The van der Waals surface area contributed by atoms with E-state index in [0.29, 0.717) is 5.69 Å². The van der Waals surface area contributed by atoms with Crippen LogP contribution in [0.2, 0.25) is 0 Å². The Kier molecular flexibility index (Phi) is 3.45. The van der Waals surface area contributed by atoms with Gasteiger partial charge in [-0.2, -0.15) is 0 Å². The van der Waals surface area contributed by atoms with E-state index >= 15 is 0 Å². The van der Waals surface area contributed by atoms with Gasteiger partial charge in [-0.05, 0) is 33.7 Å². The third-order valence-corrected chi connectivity index (χ3v) is 8.16. The van der Waals surface area contributed by atoms with Gasteiger partial charge in [-0.15, -0.1) is 11.6 Å². The van der Waals surface area contributed by atoms with E-state index in [1.54, 1.807) is 0 Å². The minimum absolute atomic E-state index is 0.157. The van der Waals surface area contributed by atoms with Crippen LogP contribution in [0.4, 0.5) is 5.69 Å². The topological polar surface area (TPSA) is 37.4 Å². The Bertz CT molecular complexity index is 1420. The van der Waals surface area contributed by atoms with Crippen molar-refractivity contribution in [3.05, 3.63) is 113 Å². The fourth-order valence-electron chi connectivity index (χ4n) is 6.32. The summed E-state index contributed by atoms with van der Waals surface area (Å²) in [6, 6.07) is 29.6. The van der Waals surface area contributed by atoms with Crippen LogP contribution in [0.5, 0.6) is 0 Å². The Morgan fingerprint density at radius 3 is 2.00 bits per heavy atom. The summed E-state index contributed by atoms with van der Waals surface area (Å²) >= 11 is 7.49. The number of carbonyl (C=O) groups excluding carboxylic acids is 2. The number of hydrogen-bond donors (Lipinski definition) is 0. The molecule has 32 heavy (non-hydrogen) atoms. The summed E-state index contributed by atoms with van der Waals surface area (Å²) in [6.45, 7) is 0. The SMILES string of the molecule is O=C1[C@H]2C3c4ccccc4C(Cl)(c4ccccc43)[C@H]2C(=O)N1c1cccc2ccccc12. The standard InChI is InChI=1S/C28H18ClNO2/c29-28-20-13-5-3-11-18(20)23(19-12-4-6-14-21(19)28)24-25(28)27(32)30(26(24)31)22-15-7-9-16-8-1-2-10-17(16)22/h1-15,23-25H/t23?,24-,25+,28?/m0/s1. The van der Waals surface area contributed by atoms with Crippen molar-refractivity contribution >= 4 is 39.9 Å². The number of benzene rings is 4. The Labute approximate surface area is 190 Å². The molecule has 0 saturated carbocycles. The molecule has 4 heteroatoms. The first-order valence-corrected chi connectivity index (χ1v) is 11.2. The molecule has 2 amide bonds. The van der Waals surface area contributed by atoms with Gasteiger partial charge < -0.3 is 0 Å². The zero-order valence-electron chi connectivity index (χ0n) is 17.0. The number of hydrogen-bond acceptors (Lipinski definition) is 2. The number of fused-ring (bicyclic) bond motifs is 1. The number of alkyl halides is 1. The third-order valence-electron chi connectivity index (χ3n) is 7.52. The second kappa shape index (κ2) is 6.08. The Balaban J connectivity index is 1.50. The molecule has 0 unspecified atom stereocenters. The molecule has 4 aromatic carbocycles. The molecule has 0 N–H and O–H groups in total. The number of nitrogens with zero attached hydrogens (tertiary/aromatic N) is 1. The van der Waals surface area contributed by atoms with Gasteiger partial charge in [-0.3, -0.25) is 9.59 Å². The Morgan fingerprint density at radius 2 is 1.28 bits per heavy atom. The molecule has 154 valence electrons. The van der Waals surface area contributed by atoms with E-state index in [4.69, 9.17) is 11.6 Å². The average Bonchev–Trinajstić information content (AvgIpc) is 3.10. The summed E-state index contributed by atoms with van der Waals surface area (Å²) in [5, 5.41) is 1.89. The van der Waals surface area contributed by atoms with Crippen molar-refractivity contribution in [3.8, 4) is 0 Å². The second-order valence-corrected chi connectivity index (χ2v) is 9.47. The van der Waals surface area contributed by atoms with Crippen LogP contribution in [-0.2, 0) is 14.5 Å². The van der Waals surface area contributed by atoms with Crippen molar-refractivity contribution in [3.63, 3.8) is 0 Å². The highest BCUT2D eigenvalue weighted by Crippen LogP contribution is 2.66. The molecule has 1 saturated heterocycles. The fourth-order valence-corrected chi connectivity index (χ4v) is 6.89. The molecule has 1 aliphatic heterocycles. The third kappa shape index (κ3) is 1.98. The van der Waals surface area contributed by atoms with Gasteiger partial charge in [0, 0.05) is 11.3 Å². The number of imide groups is 1. The zero-order valence-corrected chi connectivity index (χ0v) is 17.8. The molecule has 2 bridgehead atoms. The number of carbonyl (C=O) groups is 2. The minimum Gasteiger partial charge on any atom is -0.274 e. The molecule has 2 atom stereocenters.